The molecule has 8 nitrogen and oxygen atoms in total. The predicted octanol–water partition coefficient (Wildman–Crippen LogP) is 11.0. The van der Waals surface area contributed by atoms with Crippen molar-refractivity contribution in [2.45, 2.75) is 212 Å². The highest BCUT2D eigenvalue weighted by Gasteiger charge is 2.31. The number of aliphatic carboxylic acids is 1. The Labute approximate surface area is 308 Å². The van der Waals surface area contributed by atoms with Crippen molar-refractivity contribution in [3.63, 3.8) is 0 Å². The smallest absolute Gasteiger partial charge is 0.362 e. The molecule has 0 saturated heterocycles. The molecule has 0 heterocycles. The van der Waals surface area contributed by atoms with Crippen molar-refractivity contribution < 1.29 is 38.2 Å². The maximum absolute atomic E-state index is 12.6. The Morgan fingerprint density at radius 3 is 1.24 bits per heavy atom. The molecule has 2 unspecified atom stereocenters. The Kier molecular flexibility index (Phi) is 33.3. The molecular formula is C42H82NO7+. The lowest BCUT2D eigenvalue weighted by atomic mass is 10.0. The van der Waals surface area contributed by atoms with Crippen molar-refractivity contribution in [2.75, 3.05) is 41.0 Å². The molecule has 0 aromatic carbocycles. The molecule has 0 fully saturated rings. The maximum Gasteiger partial charge on any atom is 0.362 e. The Morgan fingerprint density at radius 2 is 0.880 bits per heavy atom. The van der Waals surface area contributed by atoms with Crippen LogP contribution in [0.15, 0.2) is 0 Å². The number of esters is 2. The minimum atomic E-state index is -0.873. The Balaban J connectivity index is 4.14. The molecule has 0 aromatic heterocycles. The number of carbonyl (C=O) groups is 3. The summed E-state index contributed by atoms with van der Waals surface area (Å²) >= 11 is 0. The molecule has 1 N–H and O–H groups in total. The number of hydrogen-bond acceptors (Lipinski definition) is 6. The molecular weight excluding hydrogens is 630 g/mol. The van der Waals surface area contributed by atoms with Crippen molar-refractivity contribution in [1.29, 1.82) is 0 Å². The summed E-state index contributed by atoms with van der Waals surface area (Å²) in [7, 11) is 5.52. The summed E-state index contributed by atoms with van der Waals surface area (Å²) in [4.78, 5) is 36.7. The van der Waals surface area contributed by atoms with Gasteiger partial charge in [0.2, 0.25) is 0 Å². The van der Waals surface area contributed by atoms with E-state index < -0.39 is 18.1 Å². The molecule has 0 amide bonds. The molecule has 0 aliphatic carbocycles. The van der Waals surface area contributed by atoms with Crippen LogP contribution in [0.25, 0.3) is 0 Å². The molecule has 0 aromatic rings. The fourth-order valence-electron chi connectivity index (χ4n) is 6.45. The maximum atomic E-state index is 12.6. The standard InChI is InChI=1S/C42H81NO7/c1-6-8-10-12-14-15-16-17-18-19-20-21-22-23-24-25-27-28-30-32-40(44)49-37-38(36-48-35-34-39(42(46)47)43(3,4)5)50-41(45)33-31-29-26-13-11-9-7-2/h38-39H,6-37H2,1-5H3/p+1. The molecule has 0 aliphatic heterocycles. The summed E-state index contributed by atoms with van der Waals surface area (Å²) < 4.78 is 17.2. The number of nitrogens with zero attached hydrogens (tertiary/aromatic N) is 1. The second-order valence-corrected chi connectivity index (χ2v) is 15.6. The van der Waals surface area contributed by atoms with Gasteiger partial charge in [-0.1, -0.05) is 168 Å². The lowest BCUT2D eigenvalue weighted by Gasteiger charge is -2.31. The van der Waals surface area contributed by atoms with Gasteiger partial charge in [0.05, 0.1) is 34.4 Å². The van der Waals surface area contributed by atoms with E-state index in [0.717, 1.165) is 38.5 Å². The monoisotopic (exact) mass is 713 g/mol. The van der Waals surface area contributed by atoms with Gasteiger partial charge in [0.15, 0.2) is 12.1 Å². The Bertz CT molecular complexity index is 797. The van der Waals surface area contributed by atoms with E-state index in [-0.39, 0.29) is 36.2 Å². The Morgan fingerprint density at radius 1 is 0.520 bits per heavy atom. The van der Waals surface area contributed by atoms with E-state index in [4.69, 9.17) is 14.2 Å². The molecule has 0 saturated carbocycles. The molecule has 296 valence electrons. The van der Waals surface area contributed by atoms with E-state index in [1.165, 1.54) is 128 Å². The van der Waals surface area contributed by atoms with Gasteiger partial charge >= 0.3 is 17.9 Å². The van der Waals surface area contributed by atoms with Crippen LogP contribution in [0.3, 0.4) is 0 Å². The predicted molar refractivity (Wildman–Crippen MR) is 206 cm³/mol. The Hall–Kier alpha value is -1.67. The summed E-state index contributed by atoms with van der Waals surface area (Å²) in [5.41, 5.74) is 0. The van der Waals surface area contributed by atoms with Gasteiger partial charge in [0, 0.05) is 19.3 Å². The van der Waals surface area contributed by atoms with Crippen LogP contribution in [0.4, 0.5) is 0 Å². The average Bonchev–Trinajstić information content (AvgIpc) is 3.06. The minimum absolute atomic E-state index is 0.0432. The van der Waals surface area contributed by atoms with Crippen LogP contribution in [-0.4, -0.2) is 80.6 Å². The van der Waals surface area contributed by atoms with Crippen LogP contribution < -0.4 is 0 Å². The number of likely N-dealkylation sites (N-methyl/N-ethyl adjacent to an activating group) is 1. The van der Waals surface area contributed by atoms with Gasteiger partial charge in [-0.3, -0.25) is 9.59 Å². The minimum Gasteiger partial charge on any atom is -0.477 e. The first-order valence-electron chi connectivity index (χ1n) is 21.1. The second-order valence-electron chi connectivity index (χ2n) is 15.6. The number of hydrogen-bond donors (Lipinski definition) is 1. The highest BCUT2D eigenvalue weighted by atomic mass is 16.6. The van der Waals surface area contributed by atoms with Crippen molar-refractivity contribution in [3.05, 3.63) is 0 Å². The molecule has 8 heteroatoms. The van der Waals surface area contributed by atoms with Crippen LogP contribution in [0.5, 0.6) is 0 Å². The molecule has 50 heavy (non-hydrogen) atoms. The van der Waals surface area contributed by atoms with Gasteiger partial charge in [-0.15, -0.1) is 0 Å². The number of rotatable bonds is 38. The van der Waals surface area contributed by atoms with Crippen LogP contribution in [0.1, 0.15) is 200 Å². The summed E-state index contributed by atoms with van der Waals surface area (Å²) in [5.74, 6) is -1.46. The van der Waals surface area contributed by atoms with Crippen molar-refractivity contribution in [1.82, 2.24) is 0 Å². The van der Waals surface area contributed by atoms with Crippen LogP contribution >= 0.6 is 0 Å². The lowest BCUT2D eigenvalue weighted by molar-refractivity contribution is -0.887. The van der Waals surface area contributed by atoms with Crippen molar-refractivity contribution in [3.8, 4) is 0 Å². The zero-order chi connectivity index (χ0) is 37.1. The summed E-state index contributed by atoms with van der Waals surface area (Å²) in [6.07, 6.45) is 33.0. The molecule has 2 atom stereocenters. The fraction of sp³-hybridized carbons (Fsp3) is 0.929. The van der Waals surface area contributed by atoms with Gasteiger partial charge in [-0.2, -0.15) is 0 Å². The number of carbonyl (C=O) groups excluding carboxylic acids is 2. The van der Waals surface area contributed by atoms with E-state index >= 15 is 0 Å². The van der Waals surface area contributed by atoms with Crippen LogP contribution in [0.2, 0.25) is 0 Å². The van der Waals surface area contributed by atoms with Gasteiger partial charge in [-0.25, -0.2) is 4.79 Å². The van der Waals surface area contributed by atoms with Crippen molar-refractivity contribution >= 4 is 17.9 Å². The normalized spacial score (nSPS) is 12.9. The van der Waals surface area contributed by atoms with Gasteiger partial charge < -0.3 is 23.8 Å². The molecule has 0 rings (SSSR count). The number of ether oxygens (including phenoxy) is 3. The molecule has 0 spiro atoms. The number of carboxylic acid groups (broad SMARTS) is 1. The SMILES string of the molecule is CCCCCCCCCCCCCCCCCCCCCC(=O)OCC(COCCC(C(=O)O)[N+](C)(C)C)OC(=O)CCCCCCCCC. The van der Waals surface area contributed by atoms with E-state index in [0.29, 0.717) is 19.3 Å². The van der Waals surface area contributed by atoms with Gasteiger partial charge in [0.1, 0.15) is 6.61 Å². The highest BCUT2D eigenvalue weighted by molar-refractivity contribution is 5.72. The van der Waals surface area contributed by atoms with E-state index in [2.05, 4.69) is 13.8 Å². The van der Waals surface area contributed by atoms with Gasteiger partial charge in [0.25, 0.3) is 0 Å². The topological polar surface area (TPSA) is 99.1 Å². The first kappa shape index (κ1) is 48.3. The summed E-state index contributed by atoms with van der Waals surface area (Å²) in [6.45, 7) is 4.72. The molecule has 0 aliphatic rings. The summed E-state index contributed by atoms with van der Waals surface area (Å²) in [6, 6.07) is -0.606. The van der Waals surface area contributed by atoms with E-state index in [9.17, 15) is 19.5 Å². The average molecular weight is 713 g/mol. The number of quaternary nitrogens is 1. The number of unbranched alkanes of at least 4 members (excludes halogenated alkanes) is 24. The third-order valence-electron chi connectivity index (χ3n) is 9.76. The quantitative estimate of drug-likeness (QED) is 0.0386. The third-order valence-corrected chi connectivity index (χ3v) is 9.76. The zero-order valence-corrected chi connectivity index (χ0v) is 33.6. The highest BCUT2D eigenvalue weighted by Crippen LogP contribution is 2.16. The second kappa shape index (κ2) is 34.4. The first-order valence-corrected chi connectivity index (χ1v) is 21.1. The van der Waals surface area contributed by atoms with Crippen LogP contribution in [0, 0.1) is 0 Å². The summed E-state index contributed by atoms with van der Waals surface area (Å²) in [5, 5.41) is 9.57. The first-order chi connectivity index (χ1) is 24.1. The largest absolute Gasteiger partial charge is 0.477 e. The van der Waals surface area contributed by atoms with Crippen LogP contribution in [-0.2, 0) is 28.6 Å². The lowest BCUT2D eigenvalue weighted by Crippen LogP contribution is -2.50. The third kappa shape index (κ3) is 32.3. The molecule has 0 bridgehead atoms. The van der Waals surface area contributed by atoms with E-state index in [1.807, 2.05) is 21.1 Å². The van der Waals surface area contributed by atoms with Gasteiger partial charge in [-0.05, 0) is 12.8 Å². The zero-order valence-electron chi connectivity index (χ0n) is 33.6. The van der Waals surface area contributed by atoms with Crippen molar-refractivity contribution in [2.24, 2.45) is 0 Å². The van der Waals surface area contributed by atoms with E-state index in [1.54, 1.807) is 0 Å². The number of carboxylic acids is 1. The molecule has 0 radical (unpaired) electrons. The fourth-order valence-corrected chi connectivity index (χ4v) is 6.45.